The van der Waals surface area contributed by atoms with Crippen molar-refractivity contribution >= 4 is 11.6 Å². The fraction of sp³-hybridized carbons (Fsp3) is 0.375. The van der Waals surface area contributed by atoms with Gasteiger partial charge < -0.3 is 10.6 Å². The van der Waals surface area contributed by atoms with E-state index >= 15 is 0 Å². The number of aryl methyl sites for hydroxylation is 3. The summed E-state index contributed by atoms with van der Waals surface area (Å²) in [6, 6.07) is 7.75. The van der Waals surface area contributed by atoms with Gasteiger partial charge in [0.05, 0.1) is 12.2 Å². The predicted octanol–water partition coefficient (Wildman–Crippen LogP) is 2.07. The highest BCUT2D eigenvalue weighted by Gasteiger charge is 2.09. The summed E-state index contributed by atoms with van der Waals surface area (Å²) in [4.78, 5) is 11.9. The second kappa shape index (κ2) is 6.54. The molecule has 2 aromatic rings. The fourth-order valence-corrected chi connectivity index (χ4v) is 2.28. The largest absolute Gasteiger partial charge is 0.325 e. The molecule has 0 spiro atoms. The Hall–Kier alpha value is -2.14. The van der Waals surface area contributed by atoms with Crippen molar-refractivity contribution in [1.29, 1.82) is 0 Å². The van der Waals surface area contributed by atoms with Gasteiger partial charge in [0.15, 0.2) is 0 Å². The Morgan fingerprint density at radius 2 is 1.95 bits per heavy atom. The number of nitrogens with zero attached hydrogens (tertiary/aromatic N) is 2. The summed E-state index contributed by atoms with van der Waals surface area (Å²) < 4.78 is 1.86. The number of hydrogen-bond acceptors (Lipinski definition) is 3. The Labute approximate surface area is 125 Å². The van der Waals surface area contributed by atoms with Gasteiger partial charge in [-0.1, -0.05) is 18.2 Å². The molecule has 1 aromatic heterocycles. The lowest BCUT2D eigenvalue weighted by Crippen LogP contribution is -2.28. The average Bonchev–Trinajstić information content (AvgIpc) is 2.68. The van der Waals surface area contributed by atoms with Gasteiger partial charge in [-0.25, -0.2) is 0 Å². The van der Waals surface area contributed by atoms with E-state index in [-0.39, 0.29) is 12.5 Å². The quantitative estimate of drug-likeness (QED) is 0.884. The van der Waals surface area contributed by atoms with Gasteiger partial charge in [0.2, 0.25) is 5.91 Å². The number of aromatic nitrogens is 2. The topological polar surface area (TPSA) is 59.0 Å². The third-order valence-corrected chi connectivity index (χ3v) is 3.67. The van der Waals surface area contributed by atoms with E-state index in [1.54, 1.807) is 0 Å². The van der Waals surface area contributed by atoms with Gasteiger partial charge >= 0.3 is 0 Å². The lowest BCUT2D eigenvalue weighted by Gasteiger charge is -2.09. The van der Waals surface area contributed by atoms with Gasteiger partial charge in [-0.2, -0.15) is 5.10 Å². The van der Waals surface area contributed by atoms with E-state index < -0.39 is 0 Å². The fourth-order valence-electron chi connectivity index (χ4n) is 2.28. The van der Waals surface area contributed by atoms with Crippen molar-refractivity contribution in [3.63, 3.8) is 0 Å². The van der Waals surface area contributed by atoms with Gasteiger partial charge in [-0.05, 0) is 32.4 Å². The molecule has 0 bridgehead atoms. The summed E-state index contributed by atoms with van der Waals surface area (Å²) in [7, 11) is 1.93. The number of carbonyl (C=O) groups is 1. The van der Waals surface area contributed by atoms with E-state index in [9.17, 15) is 4.79 Å². The molecule has 0 aliphatic carbocycles. The number of nitrogens with one attached hydrogen (secondary N) is 2. The van der Waals surface area contributed by atoms with E-state index in [2.05, 4.69) is 15.7 Å². The molecule has 1 heterocycles. The van der Waals surface area contributed by atoms with Crippen molar-refractivity contribution in [1.82, 2.24) is 15.1 Å². The summed E-state index contributed by atoms with van der Waals surface area (Å²) in [6.45, 7) is 6.92. The minimum absolute atomic E-state index is 0.0384. The number of carbonyl (C=O) groups excluding carboxylic acids is 1. The van der Waals surface area contributed by atoms with Crippen LogP contribution < -0.4 is 10.6 Å². The summed E-state index contributed by atoms with van der Waals surface area (Å²) in [6.07, 6.45) is 0. The summed E-state index contributed by atoms with van der Waals surface area (Å²) in [5, 5.41) is 10.4. The highest BCUT2D eigenvalue weighted by atomic mass is 16.1. The SMILES string of the molecule is Cc1ccccc1NC(=O)CNCc1c(C)nn(C)c1C. The van der Waals surface area contributed by atoms with Crippen molar-refractivity contribution in [2.24, 2.45) is 7.05 Å². The number of rotatable bonds is 5. The maximum absolute atomic E-state index is 11.9. The summed E-state index contributed by atoms with van der Waals surface area (Å²) in [5.74, 6) is -0.0384. The molecule has 1 amide bonds. The zero-order valence-corrected chi connectivity index (χ0v) is 13.0. The van der Waals surface area contributed by atoms with Crippen LogP contribution in [0.4, 0.5) is 5.69 Å². The first-order valence-corrected chi connectivity index (χ1v) is 7.04. The smallest absolute Gasteiger partial charge is 0.238 e. The van der Waals surface area contributed by atoms with Gasteiger partial charge in [0.25, 0.3) is 0 Å². The van der Waals surface area contributed by atoms with Crippen molar-refractivity contribution in [2.45, 2.75) is 27.3 Å². The van der Waals surface area contributed by atoms with Crippen molar-refractivity contribution < 1.29 is 4.79 Å². The molecule has 0 unspecified atom stereocenters. The predicted molar refractivity (Wildman–Crippen MR) is 84.2 cm³/mol. The van der Waals surface area contributed by atoms with Crippen LogP contribution in [0.3, 0.4) is 0 Å². The molecule has 1 aromatic carbocycles. The monoisotopic (exact) mass is 286 g/mol. The Kier molecular flexibility index (Phi) is 4.75. The van der Waals surface area contributed by atoms with Gasteiger partial charge in [0.1, 0.15) is 0 Å². The van der Waals surface area contributed by atoms with Crippen molar-refractivity contribution in [2.75, 3.05) is 11.9 Å². The number of anilines is 1. The van der Waals surface area contributed by atoms with Crippen LogP contribution in [-0.2, 0) is 18.4 Å². The molecule has 2 N–H and O–H groups in total. The van der Waals surface area contributed by atoms with E-state index in [0.717, 1.165) is 28.2 Å². The molecule has 0 aliphatic rings. The first-order chi connectivity index (χ1) is 9.99. The van der Waals surface area contributed by atoms with Gasteiger partial charge in [-0.15, -0.1) is 0 Å². The molecule has 0 fully saturated rings. The van der Waals surface area contributed by atoms with Crippen LogP contribution in [0, 0.1) is 20.8 Å². The van der Waals surface area contributed by atoms with Crippen LogP contribution in [-0.4, -0.2) is 22.2 Å². The lowest BCUT2D eigenvalue weighted by atomic mass is 10.2. The first kappa shape index (κ1) is 15.3. The molecule has 0 aliphatic heterocycles. The van der Waals surface area contributed by atoms with Crippen molar-refractivity contribution in [3.05, 3.63) is 46.8 Å². The molecule has 5 heteroatoms. The molecule has 0 atom stereocenters. The zero-order chi connectivity index (χ0) is 15.4. The number of hydrogen-bond donors (Lipinski definition) is 2. The first-order valence-electron chi connectivity index (χ1n) is 7.04. The normalized spacial score (nSPS) is 10.7. The summed E-state index contributed by atoms with van der Waals surface area (Å²) in [5.41, 5.74) is 5.20. The van der Waals surface area contributed by atoms with Crippen LogP contribution in [0.5, 0.6) is 0 Å². The second-order valence-corrected chi connectivity index (χ2v) is 5.24. The van der Waals surface area contributed by atoms with Crippen LogP contribution in [0.1, 0.15) is 22.5 Å². The Bertz CT molecular complexity index is 646. The second-order valence-electron chi connectivity index (χ2n) is 5.24. The number of para-hydroxylation sites is 1. The van der Waals surface area contributed by atoms with E-state index in [1.165, 1.54) is 0 Å². The molecule has 0 saturated heterocycles. The highest BCUT2D eigenvalue weighted by molar-refractivity contribution is 5.92. The average molecular weight is 286 g/mol. The Morgan fingerprint density at radius 1 is 1.24 bits per heavy atom. The number of amides is 1. The van der Waals surface area contributed by atoms with E-state index in [0.29, 0.717) is 6.54 Å². The standard InChI is InChI=1S/C16H22N4O/c1-11-7-5-6-8-15(11)18-16(21)10-17-9-14-12(2)19-20(4)13(14)3/h5-8,17H,9-10H2,1-4H3,(H,18,21). The van der Waals surface area contributed by atoms with Crippen LogP contribution in [0.25, 0.3) is 0 Å². The van der Waals surface area contributed by atoms with Crippen LogP contribution in [0.15, 0.2) is 24.3 Å². The highest BCUT2D eigenvalue weighted by Crippen LogP contribution is 2.13. The Morgan fingerprint density at radius 3 is 2.57 bits per heavy atom. The van der Waals surface area contributed by atoms with E-state index in [4.69, 9.17) is 0 Å². The van der Waals surface area contributed by atoms with Crippen LogP contribution in [0.2, 0.25) is 0 Å². The maximum atomic E-state index is 11.9. The number of benzene rings is 1. The molecule has 21 heavy (non-hydrogen) atoms. The molecule has 112 valence electrons. The van der Waals surface area contributed by atoms with E-state index in [1.807, 2.05) is 56.8 Å². The van der Waals surface area contributed by atoms with Gasteiger partial charge in [0, 0.05) is 30.5 Å². The zero-order valence-electron chi connectivity index (χ0n) is 13.0. The minimum Gasteiger partial charge on any atom is -0.325 e. The molecule has 5 nitrogen and oxygen atoms in total. The summed E-state index contributed by atoms with van der Waals surface area (Å²) >= 11 is 0. The molecule has 0 radical (unpaired) electrons. The lowest BCUT2D eigenvalue weighted by molar-refractivity contribution is -0.115. The molecular formula is C16H22N4O. The molecule has 0 saturated carbocycles. The van der Waals surface area contributed by atoms with Gasteiger partial charge in [-0.3, -0.25) is 9.48 Å². The Balaban J connectivity index is 1.86. The molecular weight excluding hydrogens is 264 g/mol. The van der Waals surface area contributed by atoms with Crippen molar-refractivity contribution in [3.8, 4) is 0 Å². The third kappa shape index (κ3) is 3.70. The molecule has 2 rings (SSSR count). The van der Waals surface area contributed by atoms with Crippen LogP contribution >= 0.6 is 0 Å². The maximum Gasteiger partial charge on any atom is 0.238 e. The minimum atomic E-state index is -0.0384. The third-order valence-electron chi connectivity index (χ3n) is 3.67.